The highest BCUT2D eigenvalue weighted by atomic mass is 16.2. The molecule has 0 radical (unpaired) electrons. The fraction of sp³-hybridized carbons (Fsp3) is 0.500. The molecule has 1 aliphatic carbocycles. The van der Waals surface area contributed by atoms with E-state index in [1.807, 2.05) is 34.8 Å². The Bertz CT molecular complexity index is 787. The van der Waals surface area contributed by atoms with Crippen LogP contribution in [0.15, 0.2) is 24.4 Å². The molecule has 1 saturated heterocycles. The number of nitrogens with one attached hydrogen (secondary N) is 1. The lowest BCUT2D eigenvalue weighted by Gasteiger charge is -2.37. The van der Waals surface area contributed by atoms with Crippen molar-refractivity contribution in [3.05, 3.63) is 30.1 Å². The number of aromatic amines is 1. The summed E-state index contributed by atoms with van der Waals surface area (Å²) in [7, 11) is 1.94. The van der Waals surface area contributed by atoms with Crippen molar-refractivity contribution >= 4 is 11.8 Å². The van der Waals surface area contributed by atoms with Crippen molar-refractivity contribution in [2.45, 2.75) is 31.7 Å². The molecule has 3 heterocycles. The van der Waals surface area contributed by atoms with Crippen molar-refractivity contribution in [2.75, 3.05) is 19.6 Å². The van der Waals surface area contributed by atoms with E-state index >= 15 is 0 Å². The van der Waals surface area contributed by atoms with Crippen LogP contribution in [-0.2, 0) is 11.8 Å². The molecule has 0 bridgehead atoms. The van der Waals surface area contributed by atoms with Crippen LogP contribution in [0.1, 0.15) is 36.2 Å². The summed E-state index contributed by atoms with van der Waals surface area (Å²) in [6, 6.07) is 6.02. The SMILES string of the molecule is Cn1cccc1-c1cc(C(=O)N2CCN(C3CCCC3)C(=O)C2)[nH]n1. The number of aromatic nitrogens is 3. The van der Waals surface area contributed by atoms with Crippen molar-refractivity contribution in [3.8, 4) is 11.4 Å². The van der Waals surface area contributed by atoms with Gasteiger partial charge in [0, 0.05) is 32.4 Å². The Hall–Kier alpha value is -2.57. The van der Waals surface area contributed by atoms with Gasteiger partial charge in [0.05, 0.1) is 5.69 Å². The van der Waals surface area contributed by atoms with Gasteiger partial charge < -0.3 is 14.4 Å². The molecule has 25 heavy (non-hydrogen) atoms. The van der Waals surface area contributed by atoms with Gasteiger partial charge in [0.25, 0.3) is 5.91 Å². The van der Waals surface area contributed by atoms with E-state index in [9.17, 15) is 9.59 Å². The second-order valence-electron chi connectivity index (χ2n) is 6.92. The number of amides is 2. The van der Waals surface area contributed by atoms with Crippen molar-refractivity contribution in [2.24, 2.45) is 7.05 Å². The molecule has 0 unspecified atom stereocenters. The van der Waals surface area contributed by atoms with Gasteiger partial charge in [0.1, 0.15) is 17.9 Å². The van der Waals surface area contributed by atoms with Gasteiger partial charge in [-0.2, -0.15) is 5.10 Å². The predicted molar refractivity (Wildman–Crippen MR) is 92.9 cm³/mol. The summed E-state index contributed by atoms with van der Waals surface area (Å²) < 4.78 is 1.95. The number of aryl methyl sites for hydroxylation is 1. The van der Waals surface area contributed by atoms with E-state index in [0.29, 0.717) is 24.8 Å². The molecule has 2 aromatic heterocycles. The molecular weight excluding hydrogens is 318 g/mol. The molecular formula is C18H23N5O2. The minimum Gasteiger partial charge on any atom is -0.349 e. The second kappa shape index (κ2) is 6.38. The first-order valence-electron chi connectivity index (χ1n) is 8.89. The topological polar surface area (TPSA) is 74.2 Å². The number of H-pyrrole nitrogens is 1. The molecule has 2 aromatic rings. The number of hydrogen-bond donors (Lipinski definition) is 1. The molecule has 2 amide bonds. The van der Waals surface area contributed by atoms with Crippen molar-refractivity contribution in [3.63, 3.8) is 0 Å². The van der Waals surface area contributed by atoms with Crippen molar-refractivity contribution in [1.82, 2.24) is 24.6 Å². The maximum Gasteiger partial charge on any atom is 0.272 e. The van der Waals surface area contributed by atoms with E-state index in [1.54, 1.807) is 11.0 Å². The van der Waals surface area contributed by atoms with E-state index in [2.05, 4.69) is 10.2 Å². The summed E-state index contributed by atoms with van der Waals surface area (Å²) in [4.78, 5) is 28.8. The smallest absolute Gasteiger partial charge is 0.272 e. The third kappa shape index (κ3) is 2.94. The Labute approximate surface area is 146 Å². The zero-order chi connectivity index (χ0) is 17.4. The summed E-state index contributed by atoms with van der Waals surface area (Å²) in [6.07, 6.45) is 6.53. The average molecular weight is 341 g/mol. The summed E-state index contributed by atoms with van der Waals surface area (Å²) in [6.45, 7) is 1.38. The van der Waals surface area contributed by atoms with Gasteiger partial charge in [-0.25, -0.2) is 0 Å². The second-order valence-corrected chi connectivity index (χ2v) is 6.92. The molecule has 7 nitrogen and oxygen atoms in total. The zero-order valence-electron chi connectivity index (χ0n) is 14.4. The van der Waals surface area contributed by atoms with Crippen LogP contribution in [0.3, 0.4) is 0 Å². The third-order valence-corrected chi connectivity index (χ3v) is 5.32. The van der Waals surface area contributed by atoms with Crippen LogP contribution < -0.4 is 0 Å². The van der Waals surface area contributed by atoms with Crippen LogP contribution in [0.25, 0.3) is 11.4 Å². The van der Waals surface area contributed by atoms with Crippen molar-refractivity contribution < 1.29 is 9.59 Å². The van der Waals surface area contributed by atoms with Gasteiger partial charge in [-0.1, -0.05) is 12.8 Å². The maximum absolute atomic E-state index is 12.7. The van der Waals surface area contributed by atoms with Crippen LogP contribution in [0.2, 0.25) is 0 Å². The van der Waals surface area contributed by atoms with Crippen LogP contribution in [0, 0.1) is 0 Å². The lowest BCUT2D eigenvalue weighted by atomic mass is 10.1. The number of hydrogen-bond acceptors (Lipinski definition) is 3. The molecule has 1 saturated carbocycles. The minimum atomic E-state index is -0.160. The van der Waals surface area contributed by atoms with Gasteiger partial charge in [-0.05, 0) is 31.0 Å². The largest absolute Gasteiger partial charge is 0.349 e. The summed E-state index contributed by atoms with van der Waals surface area (Å²) in [5.41, 5.74) is 2.10. The summed E-state index contributed by atoms with van der Waals surface area (Å²) >= 11 is 0. The number of piperazine rings is 1. The molecule has 132 valence electrons. The molecule has 2 aliphatic rings. The fourth-order valence-corrected chi connectivity index (χ4v) is 3.92. The Balaban J connectivity index is 1.44. The molecule has 1 aliphatic heterocycles. The molecule has 4 rings (SSSR count). The summed E-state index contributed by atoms with van der Waals surface area (Å²) in [5.74, 6) is -0.0962. The number of rotatable bonds is 3. The number of nitrogens with zero attached hydrogens (tertiary/aromatic N) is 4. The van der Waals surface area contributed by atoms with Gasteiger partial charge in [-0.15, -0.1) is 0 Å². The quantitative estimate of drug-likeness (QED) is 0.922. The van der Waals surface area contributed by atoms with Gasteiger partial charge in [0.15, 0.2) is 0 Å². The Morgan fingerprint density at radius 1 is 1.28 bits per heavy atom. The lowest BCUT2D eigenvalue weighted by Crippen LogP contribution is -2.54. The molecule has 7 heteroatoms. The number of carbonyl (C=O) groups excluding carboxylic acids is 2. The third-order valence-electron chi connectivity index (χ3n) is 5.32. The van der Waals surface area contributed by atoms with Crippen molar-refractivity contribution in [1.29, 1.82) is 0 Å². The van der Waals surface area contributed by atoms with Crippen LogP contribution in [0.5, 0.6) is 0 Å². The lowest BCUT2D eigenvalue weighted by molar-refractivity contribution is -0.137. The highest BCUT2D eigenvalue weighted by Crippen LogP contribution is 2.25. The van der Waals surface area contributed by atoms with Crippen LogP contribution in [0.4, 0.5) is 0 Å². The van der Waals surface area contributed by atoms with Crippen LogP contribution in [-0.4, -0.2) is 62.1 Å². The van der Waals surface area contributed by atoms with Crippen LogP contribution >= 0.6 is 0 Å². The van der Waals surface area contributed by atoms with E-state index in [4.69, 9.17) is 0 Å². The first-order chi connectivity index (χ1) is 12.1. The van der Waals surface area contributed by atoms with E-state index in [0.717, 1.165) is 24.2 Å². The maximum atomic E-state index is 12.7. The molecule has 0 spiro atoms. The highest BCUT2D eigenvalue weighted by molar-refractivity contribution is 5.96. The molecule has 0 aromatic carbocycles. The Morgan fingerprint density at radius 3 is 2.76 bits per heavy atom. The minimum absolute atomic E-state index is 0.0636. The Kier molecular flexibility index (Phi) is 4.07. The van der Waals surface area contributed by atoms with Gasteiger partial charge in [0.2, 0.25) is 5.91 Å². The first-order valence-corrected chi connectivity index (χ1v) is 8.89. The number of carbonyl (C=O) groups is 2. The average Bonchev–Trinajstić information content (AvgIpc) is 3.35. The van der Waals surface area contributed by atoms with Gasteiger partial charge in [-0.3, -0.25) is 14.7 Å². The highest BCUT2D eigenvalue weighted by Gasteiger charge is 2.33. The molecule has 1 N–H and O–H groups in total. The van der Waals surface area contributed by atoms with E-state index < -0.39 is 0 Å². The van der Waals surface area contributed by atoms with E-state index in [-0.39, 0.29) is 18.4 Å². The first kappa shape index (κ1) is 15.9. The Morgan fingerprint density at radius 2 is 2.08 bits per heavy atom. The molecule has 2 fully saturated rings. The predicted octanol–water partition coefficient (Wildman–Crippen LogP) is 1.64. The zero-order valence-corrected chi connectivity index (χ0v) is 14.4. The fourth-order valence-electron chi connectivity index (χ4n) is 3.92. The normalized spacial score (nSPS) is 19.0. The summed E-state index contributed by atoms with van der Waals surface area (Å²) in [5, 5.41) is 7.06. The standard InChI is InChI=1S/C18H23N5O2/c1-21-8-4-7-16(21)14-11-15(20-19-14)18(25)22-9-10-23(17(24)12-22)13-5-2-3-6-13/h4,7-8,11,13H,2-3,5-6,9-10,12H2,1H3,(H,19,20). The van der Waals surface area contributed by atoms with E-state index in [1.165, 1.54) is 12.8 Å². The monoisotopic (exact) mass is 341 g/mol. The van der Waals surface area contributed by atoms with Gasteiger partial charge >= 0.3 is 0 Å². The molecule has 0 atom stereocenters.